The summed E-state index contributed by atoms with van der Waals surface area (Å²) in [5.74, 6) is -0.349. The van der Waals surface area contributed by atoms with Crippen molar-refractivity contribution in [2.24, 2.45) is 0 Å². The third-order valence-corrected chi connectivity index (χ3v) is 3.60. The number of hydrogen-bond donors (Lipinski definition) is 2. The number of non-ortho nitro benzene ring substituents is 1. The molecule has 2 rings (SSSR count). The minimum absolute atomic E-state index is 0.00712. The molecule has 0 radical (unpaired) electrons. The first-order valence-electron chi connectivity index (χ1n) is 7.75. The summed E-state index contributed by atoms with van der Waals surface area (Å²) in [5.41, 5.74) is 2.22. The monoisotopic (exact) mass is 341 g/mol. The topological polar surface area (TPSA) is 101 Å². The maximum absolute atomic E-state index is 12.2. The maximum atomic E-state index is 12.2. The molecular formula is C18H19N3O4. The Balaban J connectivity index is 1.97. The Labute approximate surface area is 145 Å². The van der Waals surface area contributed by atoms with E-state index in [9.17, 15) is 19.7 Å². The fraction of sp³-hybridized carbons (Fsp3) is 0.222. The maximum Gasteiger partial charge on any atom is 0.269 e. The molecule has 0 spiro atoms. The van der Waals surface area contributed by atoms with Crippen molar-refractivity contribution in [3.8, 4) is 0 Å². The minimum Gasteiger partial charge on any atom is -0.349 e. The third kappa shape index (κ3) is 5.42. The van der Waals surface area contributed by atoms with E-state index >= 15 is 0 Å². The van der Waals surface area contributed by atoms with Crippen LogP contribution in [0.3, 0.4) is 0 Å². The molecule has 7 heteroatoms. The summed E-state index contributed by atoms with van der Waals surface area (Å²) in [7, 11) is 0. The van der Waals surface area contributed by atoms with Gasteiger partial charge in [-0.15, -0.1) is 0 Å². The molecule has 0 saturated carbocycles. The minimum atomic E-state index is -0.478. The van der Waals surface area contributed by atoms with Gasteiger partial charge < -0.3 is 10.6 Å². The summed E-state index contributed by atoms with van der Waals surface area (Å²) in [6.07, 6.45) is 0.133. The van der Waals surface area contributed by atoms with Crippen molar-refractivity contribution < 1.29 is 14.5 Å². The SMILES string of the molecule is CC(=O)Nc1cccc([C@@H](C)NC(=O)Cc2ccc([N+](=O)[O-])cc2)c1. The zero-order valence-electron chi connectivity index (χ0n) is 14.0. The lowest BCUT2D eigenvalue weighted by Gasteiger charge is -2.15. The Morgan fingerprint density at radius 2 is 1.84 bits per heavy atom. The molecule has 0 aliphatic heterocycles. The van der Waals surface area contributed by atoms with Crippen molar-refractivity contribution in [3.63, 3.8) is 0 Å². The van der Waals surface area contributed by atoms with Gasteiger partial charge in [-0.05, 0) is 30.2 Å². The van der Waals surface area contributed by atoms with Gasteiger partial charge in [-0.3, -0.25) is 19.7 Å². The number of benzene rings is 2. The molecule has 2 N–H and O–H groups in total. The fourth-order valence-electron chi connectivity index (χ4n) is 2.39. The molecule has 0 aliphatic rings. The van der Waals surface area contributed by atoms with E-state index in [-0.39, 0.29) is 30.0 Å². The lowest BCUT2D eigenvalue weighted by Crippen LogP contribution is -2.28. The molecule has 7 nitrogen and oxygen atoms in total. The number of anilines is 1. The van der Waals surface area contributed by atoms with E-state index in [1.165, 1.54) is 19.1 Å². The quantitative estimate of drug-likeness (QED) is 0.623. The Morgan fingerprint density at radius 1 is 1.16 bits per heavy atom. The third-order valence-electron chi connectivity index (χ3n) is 3.60. The zero-order valence-corrected chi connectivity index (χ0v) is 14.0. The predicted molar refractivity (Wildman–Crippen MR) is 94.1 cm³/mol. The first-order valence-corrected chi connectivity index (χ1v) is 7.75. The molecule has 2 aromatic carbocycles. The molecule has 25 heavy (non-hydrogen) atoms. The first kappa shape index (κ1) is 18.1. The van der Waals surface area contributed by atoms with E-state index in [4.69, 9.17) is 0 Å². The number of nitrogens with one attached hydrogen (secondary N) is 2. The lowest BCUT2D eigenvalue weighted by atomic mass is 10.1. The van der Waals surface area contributed by atoms with Crippen molar-refractivity contribution in [1.29, 1.82) is 0 Å². The summed E-state index contributed by atoms with van der Waals surface area (Å²) in [6.45, 7) is 3.28. The van der Waals surface area contributed by atoms with Crippen molar-refractivity contribution in [3.05, 3.63) is 69.8 Å². The van der Waals surface area contributed by atoms with E-state index in [2.05, 4.69) is 10.6 Å². The molecule has 1 atom stereocenters. The molecule has 0 aromatic heterocycles. The summed E-state index contributed by atoms with van der Waals surface area (Å²) in [6, 6.07) is 12.9. The van der Waals surface area contributed by atoms with Crippen molar-refractivity contribution in [2.75, 3.05) is 5.32 Å². The van der Waals surface area contributed by atoms with Crippen molar-refractivity contribution >= 4 is 23.2 Å². The van der Waals surface area contributed by atoms with Gasteiger partial charge in [0, 0.05) is 24.7 Å². The average Bonchev–Trinajstić information content (AvgIpc) is 2.54. The molecule has 130 valence electrons. The predicted octanol–water partition coefficient (Wildman–Crippen LogP) is 2.97. The second-order valence-corrected chi connectivity index (χ2v) is 5.70. The van der Waals surface area contributed by atoms with Gasteiger partial charge in [-0.25, -0.2) is 0 Å². The number of amides is 2. The summed E-state index contributed by atoms with van der Waals surface area (Å²) < 4.78 is 0. The van der Waals surface area contributed by atoms with E-state index in [1.807, 2.05) is 13.0 Å². The number of hydrogen-bond acceptors (Lipinski definition) is 4. The summed E-state index contributed by atoms with van der Waals surface area (Å²) >= 11 is 0. The summed E-state index contributed by atoms with van der Waals surface area (Å²) in [5, 5.41) is 16.2. The van der Waals surface area contributed by atoms with Crippen LogP contribution in [-0.2, 0) is 16.0 Å². The van der Waals surface area contributed by atoms with Crippen LogP contribution in [0.1, 0.15) is 31.0 Å². The van der Waals surface area contributed by atoms with Crippen LogP contribution in [0.4, 0.5) is 11.4 Å². The molecular weight excluding hydrogens is 322 g/mol. The van der Waals surface area contributed by atoms with Gasteiger partial charge in [0.25, 0.3) is 5.69 Å². The van der Waals surface area contributed by atoms with Crippen molar-refractivity contribution in [1.82, 2.24) is 5.32 Å². The zero-order chi connectivity index (χ0) is 18.4. The van der Waals surface area contributed by atoms with Gasteiger partial charge in [0.2, 0.25) is 11.8 Å². The van der Waals surface area contributed by atoms with Gasteiger partial charge in [0.15, 0.2) is 0 Å². The Hall–Kier alpha value is -3.22. The summed E-state index contributed by atoms with van der Waals surface area (Å²) in [4.78, 5) is 33.4. The van der Waals surface area contributed by atoms with Gasteiger partial charge in [0.05, 0.1) is 17.4 Å². The number of rotatable bonds is 6. The highest BCUT2D eigenvalue weighted by Crippen LogP contribution is 2.18. The van der Waals surface area contributed by atoms with Crippen molar-refractivity contribution in [2.45, 2.75) is 26.3 Å². The Morgan fingerprint density at radius 3 is 2.44 bits per heavy atom. The van der Waals surface area contributed by atoms with Crippen LogP contribution in [0.15, 0.2) is 48.5 Å². The number of nitro groups is 1. The second-order valence-electron chi connectivity index (χ2n) is 5.70. The number of carbonyl (C=O) groups is 2. The van der Waals surface area contributed by atoms with E-state index < -0.39 is 4.92 Å². The number of nitro benzene ring substituents is 1. The lowest BCUT2D eigenvalue weighted by molar-refractivity contribution is -0.384. The largest absolute Gasteiger partial charge is 0.349 e. The van der Waals surface area contributed by atoms with Crippen LogP contribution in [0, 0.1) is 10.1 Å². The fourth-order valence-corrected chi connectivity index (χ4v) is 2.39. The normalized spacial score (nSPS) is 11.4. The van der Waals surface area contributed by atoms with E-state index in [0.717, 1.165) is 5.56 Å². The highest BCUT2D eigenvalue weighted by Gasteiger charge is 2.12. The van der Waals surface area contributed by atoms with Crippen LogP contribution in [-0.4, -0.2) is 16.7 Å². The molecule has 0 heterocycles. The molecule has 0 unspecified atom stereocenters. The standard InChI is InChI=1S/C18H19N3O4/c1-12(15-4-3-5-16(11-15)20-13(2)22)19-18(23)10-14-6-8-17(9-7-14)21(24)25/h3-9,11-12H,10H2,1-2H3,(H,19,23)(H,20,22)/t12-/m1/s1. The highest BCUT2D eigenvalue weighted by molar-refractivity contribution is 5.88. The Bertz CT molecular complexity index is 787. The van der Waals surface area contributed by atoms with Crippen LogP contribution >= 0.6 is 0 Å². The van der Waals surface area contributed by atoms with Crippen LogP contribution in [0.25, 0.3) is 0 Å². The number of nitrogens with zero attached hydrogens (tertiary/aromatic N) is 1. The molecule has 0 aliphatic carbocycles. The molecule has 2 amide bonds. The first-order chi connectivity index (χ1) is 11.8. The molecule has 0 saturated heterocycles. The van der Waals surface area contributed by atoms with Crippen LogP contribution < -0.4 is 10.6 Å². The van der Waals surface area contributed by atoms with Crippen LogP contribution in [0.5, 0.6) is 0 Å². The van der Waals surface area contributed by atoms with Gasteiger partial charge in [-0.1, -0.05) is 24.3 Å². The molecule has 0 bridgehead atoms. The second kappa shape index (κ2) is 8.05. The van der Waals surface area contributed by atoms with Gasteiger partial charge in [0.1, 0.15) is 0 Å². The number of carbonyl (C=O) groups excluding carboxylic acids is 2. The van der Waals surface area contributed by atoms with Crippen LogP contribution in [0.2, 0.25) is 0 Å². The van der Waals surface area contributed by atoms with Gasteiger partial charge >= 0.3 is 0 Å². The molecule has 0 fully saturated rings. The van der Waals surface area contributed by atoms with Gasteiger partial charge in [-0.2, -0.15) is 0 Å². The molecule has 2 aromatic rings. The smallest absolute Gasteiger partial charge is 0.269 e. The highest BCUT2D eigenvalue weighted by atomic mass is 16.6. The Kier molecular flexibility index (Phi) is 5.84. The van der Waals surface area contributed by atoms with E-state index in [0.29, 0.717) is 11.3 Å². The average molecular weight is 341 g/mol. The van der Waals surface area contributed by atoms with E-state index in [1.54, 1.807) is 30.3 Å².